The maximum atomic E-state index is 5.57. The van der Waals surface area contributed by atoms with E-state index in [0.717, 1.165) is 41.6 Å². The average molecular weight is 337 g/mol. The highest BCUT2D eigenvalue weighted by atomic mass is 16.7. The van der Waals surface area contributed by atoms with E-state index in [2.05, 4.69) is 24.3 Å². The van der Waals surface area contributed by atoms with Crippen LogP contribution < -0.4 is 18.9 Å². The molecule has 0 fully saturated rings. The summed E-state index contributed by atoms with van der Waals surface area (Å²) in [7, 11) is 3.35. The number of hydrogen-bond acceptors (Lipinski definition) is 5. The van der Waals surface area contributed by atoms with Crippen molar-refractivity contribution in [1.29, 1.82) is 0 Å². The van der Waals surface area contributed by atoms with E-state index in [1.807, 2.05) is 0 Å². The molecule has 0 amide bonds. The molecule has 0 bridgehead atoms. The van der Waals surface area contributed by atoms with Gasteiger partial charge in [0.05, 0.1) is 26.5 Å². The summed E-state index contributed by atoms with van der Waals surface area (Å²) in [5.41, 5.74) is 6.16. The Labute approximate surface area is 146 Å². The minimum Gasteiger partial charge on any atom is -0.493 e. The number of nitrogens with zero attached hydrogens (tertiary/aromatic N) is 1. The molecule has 0 radical (unpaired) electrons. The summed E-state index contributed by atoms with van der Waals surface area (Å²) in [5, 5.41) is 0. The van der Waals surface area contributed by atoms with Gasteiger partial charge in [0.1, 0.15) is 0 Å². The lowest BCUT2D eigenvalue weighted by Crippen LogP contribution is -2.26. The number of benzene rings is 2. The van der Waals surface area contributed by atoms with Crippen LogP contribution in [0.5, 0.6) is 23.0 Å². The summed E-state index contributed by atoms with van der Waals surface area (Å²) in [5.74, 6) is 3.50. The molecular weight excluding hydrogens is 318 g/mol. The zero-order valence-electron chi connectivity index (χ0n) is 14.3. The molecular formula is C20H19NO4. The summed E-state index contributed by atoms with van der Waals surface area (Å²) >= 11 is 0. The van der Waals surface area contributed by atoms with Gasteiger partial charge in [0, 0.05) is 11.5 Å². The molecule has 5 heteroatoms. The Morgan fingerprint density at radius 1 is 0.960 bits per heavy atom. The molecule has 2 aromatic rings. The fraction of sp³-hybridized carbons (Fsp3) is 0.350. The molecule has 25 heavy (non-hydrogen) atoms. The zero-order chi connectivity index (χ0) is 17.0. The maximum Gasteiger partial charge on any atom is 0.231 e. The maximum absolute atomic E-state index is 5.57. The fourth-order valence-electron chi connectivity index (χ4n) is 4.12. The second-order valence-corrected chi connectivity index (χ2v) is 6.56. The molecule has 1 aliphatic carbocycles. The van der Waals surface area contributed by atoms with Crippen LogP contribution in [-0.2, 0) is 13.0 Å². The highest BCUT2D eigenvalue weighted by Gasteiger charge is 2.33. The first-order valence-corrected chi connectivity index (χ1v) is 8.50. The molecule has 5 rings (SSSR count). The number of rotatable bonds is 2. The third-order valence-electron chi connectivity index (χ3n) is 5.35. The van der Waals surface area contributed by atoms with Gasteiger partial charge in [-0.05, 0) is 53.8 Å². The quantitative estimate of drug-likeness (QED) is 0.842. The van der Waals surface area contributed by atoms with Crippen LogP contribution in [0.1, 0.15) is 34.6 Å². The highest BCUT2D eigenvalue weighted by Crippen LogP contribution is 2.45. The van der Waals surface area contributed by atoms with E-state index >= 15 is 0 Å². The third-order valence-corrected chi connectivity index (χ3v) is 5.35. The van der Waals surface area contributed by atoms with Crippen LogP contribution in [0, 0.1) is 0 Å². The lowest BCUT2D eigenvalue weighted by Gasteiger charge is -2.32. The van der Waals surface area contributed by atoms with Crippen LogP contribution in [0.25, 0.3) is 0 Å². The van der Waals surface area contributed by atoms with Crippen LogP contribution in [0.3, 0.4) is 0 Å². The van der Waals surface area contributed by atoms with Crippen molar-refractivity contribution in [2.75, 3.05) is 21.0 Å². The zero-order valence-corrected chi connectivity index (χ0v) is 14.3. The first-order chi connectivity index (χ1) is 12.3. The molecule has 0 N–H and O–H groups in total. The monoisotopic (exact) mass is 337 g/mol. The minimum atomic E-state index is 0.288. The molecule has 2 heterocycles. The summed E-state index contributed by atoms with van der Waals surface area (Å²) < 4.78 is 22.0. The predicted octanol–water partition coefficient (Wildman–Crippen LogP) is 3.47. The molecule has 128 valence electrons. The standard InChI is InChI=1S/C20H19NO4/c1-22-16-6-12-9-21-20-13(14(12)7-17(16)23-2)4-3-11-5-18-19(8-15(11)20)25-10-24-18/h5-8,13H,3-4,9-10H2,1-2H3/t13-/m1/s1. The van der Waals surface area contributed by atoms with E-state index < -0.39 is 0 Å². The van der Waals surface area contributed by atoms with E-state index in [1.54, 1.807) is 14.2 Å². The average Bonchev–Trinajstić information content (AvgIpc) is 3.11. The van der Waals surface area contributed by atoms with Crippen molar-refractivity contribution in [2.45, 2.75) is 25.3 Å². The first-order valence-electron chi connectivity index (χ1n) is 8.50. The lowest BCUT2D eigenvalue weighted by molar-refractivity contribution is 0.174. The number of methoxy groups -OCH3 is 2. The SMILES string of the molecule is COc1cc2c(cc1OC)[C@H]1CCc3cc4c(cc3C1=NC2)OCO4. The second kappa shape index (κ2) is 5.41. The van der Waals surface area contributed by atoms with Gasteiger partial charge in [-0.25, -0.2) is 0 Å². The van der Waals surface area contributed by atoms with Crippen LogP contribution in [0.2, 0.25) is 0 Å². The molecule has 1 atom stereocenters. The van der Waals surface area contributed by atoms with Gasteiger partial charge in [0.15, 0.2) is 23.0 Å². The Hall–Kier alpha value is -2.69. The molecule has 0 saturated heterocycles. The third kappa shape index (κ3) is 2.11. The molecule has 2 aliphatic heterocycles. The normalized spacial score (nSPS) is 19.4. The van der Waals surface area contributed by atoms with Crippen molar-refractivity contribution >= 4 is 5.71 Å². The first kappa shape index (κ1) is 14.6. The molecule has 2 aromatic carbocycles. The van der Waals surface area contributed by atoms with Gasteiger partial charge in [0.2, 0.25) is 6.79 Å². The smallest absolute Gasteiger partial charge is 0.231 e. The Kier molecular flexibility index (Phi) is 3.17. The van der Waals surface area contributed by atoms with Crippen LogP contribution in [0.15, 0.2) is 29.3 Å². The number of aliphatic imine (C=N–C) groups is 1. The Morgan fingerprint density at radius 3 is 2.52 bits per heavy atom. The van der Waals surface area contributed by atoms with Gasteiger partial charge in [-0.2, -0.15) is 0 Å². The van der Waals surface area contributed by atoms with Crippen molar-refractivity contribution in [3.8, 4) is 23.0 Å². The largest absolute Gasteiger partial charge is 0.493 e. The lowest BCUT2D eigenvalue weighted by atomic mass is 9.75. The Balaban J connectivity index is 1.62. The van der Waals surface area contributed by atoms with Gasteiger partial charge in [-0.15, -0.1) is 0 Å². The second-order valence-electron chi connectivity index (χ2n) is 6.56. The van der Waals surface area contributed by atoms with Gasteiger partial charge in [0.25, 0.3) is 0 Å². The summed E-state index contributed by atoms with van der Waals surface area (Å²) in [4.78, 5) is 4.91. The number of ether oxygens (including phenoxy) is 4. The summed E-state index contributed by atoms with van der Waals surface area (Å²) in [6.45, 7) is 0.962. The highest BCUT2D eigenvalue weighted by molar-refractivity contribution is 6.08. The van der Waals surface area contributed by atoms with E-state index in [9.17, 15) is 0 Å². The van der Waals surface area contributed by atoms with Crippen molar-refractivity contribution in [3.63, 3.8) is 0 Å². The molecule has 0 aromatic heterocycles. The van der Waals surface area contributed by atoms with Gasteiger partial charge in [-0.1, -0.05) is 0 Å². The Bertz CT molecular complexity index is 903. The fourth-order valence-corrected chi connectivity index (χ4v) is 4.12. The van der Waals surface area contributed by atoms with Crippen molar-refractivity contribution in [1.82, 2.24) is 0 Å². The van der Waals surface area contributed by atoms with Crippen LogP contribution in [-0.4, -0.2) is 26.7 Å². The molecule has 5 nitrogen and oxygen atoms in total. The van der Waals surface area contributed by atoms with E-state index in [4.69, 9.17) is 23.9 Å². The van der Waals surface area contributed by atoms with Crippen LogP contribution in [0.4, 0.5) is 0 Å². The summed E-state index contributed by atoms with van der Waals surface area (Å²) in [6, 6.07) is 8.38. The Morgan fingerprint density at radius 2 is 1.72 bits per heavy atom. The minimum absolute atomic E-state index is 0.288. The van der Waals surface area contributed by atoms with Gasteiger partial charge < -0.3 is 18.9 Å². The van der Waals surface area contributed by atoms with Crippen LogP contribution >= 0.6 is 0 Å². The summed E-state index contributed by atoms with van der Waals surface area (Å²) in [6.07, 6.45) is 2.04. The number of aryl methyl sites for hydroxylation is 1. The van der Waals surface area contributed by atoms with E-state index in [1.165, 1.54) is 22.3 Å². The van der Waals surface area contributed by atoms with Crippen molar-refractivity contribution in [2.24, 2.45) is 4.99 Å². The van der Waals surface area contributed by atoms with Crippen molar-refractivity contribution in [3.05, 3.63) is 46.5 Å². The van der Waals surface area contributed by atoms with Gasteiger partial charge >= 0.3 is 0 Å². The van der Waals surface area contributed by atoms with E-state index in [0.29, 0.717) is 13.3 Å². The number of fused-ring (bicyclic) bond motifs is 6. The molecule has 0 saturated carbocycles. The van der Waals surface area contributed by atoms with Crippen molar-refractivity contribution < 1.29 is 18.9 Å². The molecule has 3 aliphatic rings. The topological polar surface area (TPSA) is 49.3 Å². The van der Waals surface area contributed by atoms with Gasteiger partial charge in [-0.3, -0.25) is 4.99 Å². The molecule has 0 spiro atoms. The number of hydrogen-bond donors (Lipinski definition) is 0. The predicted molar refractivity (Wildman–Crippen MR) is 93.4 cm³/mol. The molecule has 0 unspecified atom stereocenters. The van der Waals surface area contributed by atoms with E-state index in [-0.39, 0.29) is 5.92 Å².